The van der Waals surface area contributed by atoms with E-state index in [1.807, 2.05) is 24.3 Å². The number of aryl methyl sites for hydroxylation is 1. The topological polar surface area (TPSA) is 9.23 Å². The van der Waals surface area contributed by atoms with Crippen LogP contribution in [0.1, 0.15) is 28.7 Å². The van der Waals surface area contributed by atoms with Crippen LogP contribution in [0.3, 0.4) is 0 Å². The molecule has 0 heterocycles. The summed E-state index contributed by atoms with van der Waals surface area (Å²) >= 11 is 5.96. The van der Waals surface area contributed by atoms with Crippen LogP contribution in [-0.4, -0.2) is 20.6 Å². The summed E-state index contributed by atoms with van der Waals surface area (Å²) in [5.41, 5.74) is 5.31. The zero-order valence-corrected chi connectivity index (χ0v) is 18.1. The van der Waals surface area contributed by atoms with Crippen molar-refractivity contribution in [3.8, 4) is 0 Å². The third kappa shape index (κ3) is 6.12. The van der Waals surface area contributed by atoms with Crippen LogP contribution in [0.15, 0.2) is 49.0 Å². The summed E-state index contributed by atoms with van der Waals surface area (Å²) in [6, 6.07) is 15.0. The van der Waals surface area contributed by atoms with Crippen molar-refractivity contribution in [2.45, 2.75) is 45.5 Å². The van der Waals surface area contributed by atoms with Crippen LogP contribution in [0.5, 0.6) is 0 Å². The molecule has 0 aliphatic carbocycles. The molecular formula is C23H31ClOSi. The van der Waals surface area contributed by atoms with E-state index in [1.165, 1.54) is 27.4 Å². The smallest absolute Gasteiger partial charge is 0.0787 e. The standard InChI is InChI=1S/C23H31ClOSi/c1-5-21-16-20(13-15-25-18-19-10-7-6-8-11-19)17-22(12-9-14-24)23(21)26(2,3)4/h5-8,10-11,16-17H,1,9,12-15,18H2,2-4H3. The lowest BCUT2D eigenvalue weighted by Gasteiger charge is -2.25. The molecule has 3 heteroatoms. The van der Waals surface area contributed by atoms with E-state index in [9.17, 15) is 0 Å². The molecule has 0 saturated carbocycles. The molecule has 0 unspecified atom stereocenters. The first-order valence-electron chi connectivity index (χ1n) is 9.42. The molecule has 0 aromatic heterocycles. The van der Waals surface area contributed by atoms with Crippen LogP contribution in [0.25, 0.3) is 6.08 Å². The summed E-state index contributed by atoms with van der Waals surface area (Å²) in [5, 5.41) is 1.53. The van der Waals surface area contributed by atoms with E-state index in [4.69, 9.17) is 16.3 Å². The van der Waals surface area contributed by atoms with Crippen LogP contribution in [0, 0.1) is 0 Å². The number of halogens is 1. The van der Waals surface area contributed by atoms with E-state index < -0.39 is 8.07 Å². The van der Waals surface area contributed by atoms with Gasteiger partial charge in [0.1, 0.15) is 0 Å². The predicted molar refractivity (Wildman–Crippen MR) is 118 cm³/mol. The summed E-state index contributed by atoms with van der Waals surface area (Å²) in [6.45, 7) is 12.7. The zero-order valence-electron chi connectivity index (χ0n) is 16.4. The highest BCUT2D eigenvalue weighted by Crippen LogP contribution is 2.18. The van der Waals surface area contributed by atoms with E-state index in [1.54, 1.807) is 0 Å². The van der Waals surface area contributed by atoms with Gasteiger partial charge < -0.3 is 4.74 Å². The predicted octanol–water partition coefficient (Wildman–Crippen LogP) is 5.81. The lowest BCUT2D eigenvalue weighted by molar-refractivity contribution is 0.124. The first-order chi connectivity index (χ1) is 12.5. The number of ether oxygens (including phenoxy) is 1. The fraction of sp³-hybridized carbons (Fsp3) is 0.391. The summed E-state index contributed by atoms with van der Waals surface area (Å²) in [6.07, 6.45) is 5.01. The molecule has 0 saturated heterocycles. The summed E-state index contributed by atoms with van der Waals surface area (Å²) in [4.78, 5) is 0. The first-order valence-corrected chi connectivity index (χ1v) is 13.5. The minimum Gasteiger partial charge on any atom is -0.376 e. The van der Waals surface area contributed by atoms with Crippen molar-refractivity contribution in [3.63, 3.8) is 0 Å². The maximum Gasteiger partial charge on any atom is 0.0787 e. The molecule has 0 bridgehead atoms. The minimum absolute atomic E-state index is 0.668. The fourth-order valence-corrected chi connectivity index (χ4v) is 5.76. The van der Waals surface area contributed by atoms with Crippen molar-refractivity contribution < 1.29 is 4.74 Å². The highest BCUT2D eigenvalue weighted by molar-refractivity contribution is 6.89. The highest BCUT2D eigenvalue weighted by atomic mass is 35.5. The van der Waals surface area contributed by atoms with Gasteiger partial charge in [-0.3, -0.25) is 0 Å². The Kier molecular flexibility index (Phi) is 8.14. The van der Waals surface area contributed by atoms with Gasteiger partial charge in [-0.1, -0.05) is 74.8 Å². The van der Waals surface area contributed by atoms with Gasteiger partial charge in [0, 0.05) is 5.88 Å². The SMILES string of the molecule is C=Cc1cc(CCOCc2ccccc2)cc(CCCCl)c1[Si](C)(C)C. The summed E-state index contributed by atoms with van der Waals surface area (Å²) in [7, 11) is -1.44. The van der Waals surface area contributed by atoms with Crippen LogP contribution in [-0.2, 0) is 24.2 Å². The molecule has 2 aromatic rings. The van der Waals surface area contributed by atoms with E-state index in [0.717, 1.165) is 25.9 Å². The highest BCUT2D eigenvalue weighted by Gasteiger charge is 2.23. The number of hydrogen-bond donors (Lipinski definition) is 0. The molecule has 2 aromatic carbocycles. The molecule has 0 spiro atoms. The third-order valence-electron chi connectivity index (χ3n) is 4.51. The quantitative estimate of drug-likeness (QED) is 0.284. The molecule has 0 aliphatic heterocycles. The van der Waals surface area contributed by atoms with Crippen LogP contribution in [0.2, 0.25) is 19.6 Å². The third-order valence-corrected chi connectivity index (χ3v) is 6.88. The Morgan fingerprint density at radius 3 is 2.38 bits per heavy atom. The Morgan fingerprint density at radius 1 is 1.04 bits per heavy atom. The van der Waals surface area contributed by atoms with Crippen LogP contribution in [0.4, 0.5) is 0 Å². The van der Waals surface area contributed by atoms with Crippen LogP contribution < -0.4 is 5.19 Å². The molecule has 0 N–H and O–H groups in total. The second-order valence-corrected chi connectivity index (χ2v) is 13.1. The lowest BCUT2D eigenvalue weighted by atomic mass is 10.0. The van der Waals surface area contributed by atoms with Gasteiger partial charge in [0.05, 0.1) is 21.3 Å². The summed E-state index contributed by atoms with van der Waals surface area (Å²) < 4.78 is 5.88. The van der Waals surface area contributed by atoms with Gasteiger partial charge in [-0.25, -0.2) is 0 Å². The van der Waals surface area contributed by atoms with Gasteiger partial charge >= 0.3 is 0 Å². The minimum atomic E-state index is -1.44. The van der Waals surface area contributed by atoms with Crippen molar-refractivity contribution in [1.29, 1.82) is 0 Å². The normalized spacial score (nSPS) is 11.5. The van der Waals surface area contributed by atoms with E-state index in [-0.39, 0.29) is 0 Å². The van der Waals surface area contributed by atoms with E-state index in [0.29, 0.717) is 12.5 Å². The summed E-state index contributed by atoms with van der Waals surface area (Å²) in [5.74, 6) is 0.707. The second-order valence-electron chi connectivity index (χ2n) is 7.75. The molecule has 1 nitrogen and oxygen atoms in total. The molecule has 2 rings (SSSR count). The first kappa shape index (κ1) is 21.0. The molecule has 0 radical (unpaired) electrons. The molecule has 26 heavy (non-hydrogen) atoms. The van der Waals surface area contributed by atoms with Crippen LogP contribution >= 0.6 is 11.6 Å². The van der Waals surface area contributed by atoms with Crippen molar-refractivity contribution in [1.82, 2.24) is 0 Å². The van der Waals surface area contributed by atoms with Gasteiger partial charge in [0.2, 0.25) is 0 Å². The Morgan fingerprint density at radius 2 is 1.77 bits per heavy atom. The van der Waals surface area contributed by atoms with E-state index in [2.05, 4.69) is 50.5 Å². The van der Waals surface area contributed by atoms with Gasteiger partial charge in [0.25, 0.3) is 0 Å². The molecule has 0 amide bonds. The Balaban J connectivity index is 2.11. The maximum absolute atomic E-state index is 5.96. The van der Waals surface area contributed by atoms with Crippen molar-refractivity contribution in [3.05, 3.63) is 71.3 Å². The monoisotopic (exact) mass is 386 g/mol. The number of alkyl halides is 1. The van der Waals surface area contributed by atoms with E-state index >= 15 is 0 Å². The maximum atomic E-state index is 5.96. The Hall–Kier alpha value is -1.35. The Bertz CT molecular complexity index is 704. The lowest BCUT2D eigenvalue weighted by Crippen LogP contribution is -2.42. The van der Waals surface area contributed by atoms with Gasteiger partial charge in [0.15, 0.2) is 0 Å². The molecule has 0 fully saturated rings. The molecule has 0 atom stereocenters. The second kappa shape index (κ2) is 10.1. The molecule has 0 aliphatic rings. The van der Waals surface area contributed by atoms with Crippen molar-refractivity contribution >= 4 is 30.9 Å². The Labute approximate surface area is 165 Å². The average molecular weight is 387 g/mol. The fourth-order valence-electron chi connectivity index (χ4n) is 3.42. The number of rotatable bonds is 10. The van der Waals surface area contributed by atoms with Crippen molar-refractivity contribution in [2.24, 2.45) is 0 Å². The van der Waals surface area contributed by atoms with Crippen molar-refractivity contribution in [2.75, 3.05) is 12.5 Å². The zero-order chi connectivity index (χ0) is 19.0. The number of hydrogen-bond acceptors (Lipinski definition) is 1. The van der Waals surface area contributed by atoms with Gasteiger partial charge in [-0.15, -0.1) is 11.6 Å². The average Bonchev–Trinajstić information content (AvgIpc) is 2.63. The molecule has 140 valence electrons. The largest absolute Gasteiger partial charge is 0.376 e. The molecular weight excluding hydrogens is 356 g/mol. The van der Waals surface area contributed by atoms with Gasteiger partial charge in [-0.05, 0) is 46.7 Å². The number of benzene rings is 2. The van der Waals surface area contributed by atoms with Gasteiger partial charge in [-0.2, -0.15) is 0 Å².